The largest absolute Gasteiger partial charge is 0.497 e. The molecule has 0 N–H and O–H groups in total. The van der Waals surface area contributed by atoms with Gasteiger partial charge in [-0.1, -0.05) is 25.5 Å². The standard InChI is InChI=1S/C21H22O4/c1-3-4-5-20(22)17-9-13-19(14-10-17)25-21(23)15-8-16-6-11-18(24-2)12-7-16/h6-15H,3-5H2,1-2H3/b15-8+. The number of Topliss-reactive ketones (excluding diaryl/α,β-unsaturated/α-hetero) is 1. The molecule has 130 valence electrons. The van der Waals surface area contributed by atoms with E-state index in [1.165, 1.54) is 6.08 Å². The lowest BCUT2D eigenvalue weighted by Gasteiger charge is -2.04. The highest BCUT2D eigenvalue weighted by atomic mass is 16.5. The van der Waals surface area contributed by atoms with Crippen LogP contribution in [0, 0.1) is 0 Å². The van der Waals surface area contributed by atoms with Gasteiger partial charge >= 0.3 is 5.97 Å². The van der Waals surface area contributed by atoms with E-state index in [0.29, 0.717) is 17.7 Å². The maximum atomic E-state index is 11.9. The van der Waals surface area contributed by atoms with E-state index in [0.717, 1.165) is 24.2 Å². The molecule has 0 bridgehead atoms. The Labute approximate surface area is 148 Å². The van der Waals surface area contributed by atoms with Crippen LogP contribution in [0.5, 0.6) is 11.5 Å². The SMILES string of the molecule is CCCCC(=O)c1ccc(OC(=O)/C=C/c2ccc(OC)cc2)cc1. The molecule has 0 saturated carbocycles. The van der Waals surface area contributed by atoms with Gasteiger partial charge in [-0.2, -0.15) is 0 Å². The van der Waals surface area contributed by atoms with Crippen molar-refractivity contribution in [3.8, 4) is 11.5 Å². The van der Waals surface area contributed by atoms with E-state index in [9.17, 15) is 9.59 Å². The first kappa shape index (κ1) is 18.5. The monoisotopic (exact) mass is 338 g/mol. The van der Waals surface area contributed by atoms with Gasteiger partial charge in [0.2, 0.25) is 0 Å². The fourth-order valence-corrected chi connectivity index (χ4v) is 2.22. The average Bonchev–Trinajstić information content (AvgIpc) is 2.65. The van der Waals surface area contributed by atoms with Gasteiger partial charge in [-0.25, -0.2) is 4.79 Å². The number of esters is 1. The Kier molecular flexibility index (Phi) is 6.96. The zero-order chi connectivity index (χ0) is 18.1. The average molecular weight is 338 g/mol. The fraction of sp³-hybridized carbons (Fsp3) is 0.238. The molecule has 2 rings (SSSR count). The maximum Gasteiger partial charge on any atom is 0.336 e. The van der Waals surface area contributed by atoms with Crippen LogP contribution in [0.4, 0.5) is 0 Å². The number of methoxy groups -OCH3 is 1. The van der Waals surface area contributed by atoms with Crippen molar-refractivity contribution in [3.63, 3.8) is 0 Å². The van der Waals surface area contributed by atoms with E-state index in [1.54, 1.807) is 37.5 Å². The summed E-state index contributed by atoms with van der Waals surface area (Å²) in [7, 11) is 1.60. The van der Waals surface area contributed by atoms with Crippen molar-refractivity contribution in [2.24, 2.45) is 0 Å². The normalized spacial score (nSPS) is 10.6. The first-order valence-electron chi connectivity index (χ1n) is 8.29. The van der Waals surface area contributed by atoms with Gasteiger partial charge in [-0.15, -0.1) is 0 Å². The Morgan fingerprint density at radius 3 is 2.20 bits per heavy atom. The molecule has 0 aliphatic carbocycles. The Morgan fingerprint density at radius 1 is 0.960 bits per heavy atom. The van der Waals surface area contributed by atoms with Crippen LogP contribution in [0.25, 0.3) is 6.08 Å². The minimum atomic E-state index is -0.471. The van der Waals surface area contributed by atoms with E-state index in [4.69, 9.17) is 9.47 Å². The third kappa shape index (κ3) is 5.92. The number of hydrogen-bond acceptors (Lipinski definition) is 4. The van der Waals surface area contributed by atoms with Crippen LogP contribution >= 0.6 is 0 Å². The van der Waals surface area contributed by atoms with Crippen molar-refractivity contribution in [1.29, 1.82) is 0 Å². The number of carbonyl (C=O) groups is 2. The van der Waals surface area contributed by atoms with Crippen molar-refractivity contribution in [2.45, 2.75) is 26.2 Å². The van der Waals surface area contributed by atoms with Gasteiger partial charge in [0.05, 0.1) is 7.11 Å². The van der Waals surface area contributed by atoms with E-state index in [2.05, 4.69) is 6.92 Å². The topological polar surface area (TPSA) is 52.6 Å². The highest BCUT2D eigenvalue weighted by Gasteiger charge is 2.06. The van der Waals surface area contributed by atoms with Crippen LogP contribution in [0.15, 0.2) is 54.6 Å². The van der Waals surface area contributed by atoms with Gasteiger partial charge in [0.15, 0.2) is 5.78 Å². The number of rotatable bonds is 8. The van der Waals surface area contributed by atoms with Gasteiger partial charge in [-0.3, -0.25) is 4.79 Å². The second-order valence-electron chi connectivity index (χ2n) is 5.58. The third-order valence-electron chi connectivity index (χ3n) is 3.68. The van der Waals surface area contributed by atoms with Crippen LogP contribution < -0.4 is 9.47 Å². The fourth-order valence-electron chi connectivity index (χ4n) is 2.22. The zero-order valence-electron chi connectivity index (χ0n) is 14.5. The lowest BCUT2D eigenvalue weighted by Crippen LogP contribution is -2.04. The van der Waals surface area contributed by atoms with Gasteiger partial charge in [-0.05, 0) is 54.5 Å². The number of unbranched alkanes of at least 4 members (excludes halogenated alkanes) is 1. The van der Waals surface area contributed by atoms with Crippen LogP contribution in [-0.2, 0) is 4.79 Å². The van der Waals surface area contributed by atoms with Gasteiger partial charge in [0, 0.05) is 18.1 Å². The molecule has 0 aliphatic rings. The molecule has 25 heavy (non-hydrogen) atoms. The molecule has 0 unspecified atom stereocenters. The number of benzene rings is 2. The van der Waals surface area contributed by atoms with Crippen molar-refractivity contribution in [2.75, 3.05) is 7.11 Å². The number of carbonyl (C=O) groups excluding carboxylic acids is 2. The van der Waals surface area contributed by atoms with Crippen LogP contribution in [0.2, 0.25) is 0 Å². The molecular weight excluding hydrogens is 316 g/mol. The van der Waals surface area contributed by atoms with E-state index < -0.39 is 5.97 Å². The predicted octanol–water partition coefficient (Wildman–Crippen LogP) is 4.69. The van der Waals surface area contributed by atoms with E-state index in [1.807, 2.05) is 24.3 Å². The molecule has 2 aromatic rings. The maximum absolute atomic E-state index is 11.9. The summed E-state index contributed by atoms with van der Waals surface area (Å²) in [6.07, 6.45) is 5.44. The van der Waals surface area contributed by atoms with E-state index >= 15 is 0 Å². The number of hydrogen-bond donors (Lipinski definition) is 0. The Hall–Kier alpha value is -2.88. The molecule has 0 aliphatic heterocycles. The molecule has 0 saturated heterocycles. The smallest absolute Gasteiger partial charge is 0.336 e. The number of ether oxygens (including phenoxy) is 2. The lowest BCUT2D eigenvalue weighted by atomic mass is 10.1. The minimum Gasteiger partial charge on any atom is -0.497 e. The quantitative estimate of drug-likeness (QED) is 0.303. The third-order valence-corrected chi connectivity index (χ3v) is 3.68. The Morgan fingerprint density at radius 2 is 1.60 bits per heavy atom. The summed E-state index contributed by atoms with van der Waals surface area (Å²) in [6, 6.07) is 14.0. The summed E-state index contributed by atoms with van der Waals surface area (Å²) >= 11 is 0. The van der Waals surface area contributed by atoms with Crippen LogP contribution in [-0.4, -0.2) is 18.9 Å². The molecule has 0 aromatic heterocycles. The first-order chi connectivity index (χ1) is 12.1. The second-order valence-corrected chi connectivity index (χ2v) is 5.58. The molecule has 4 heteroatoms. The highest BCUT2D eigenvalue weighted by molar-refractivity contribution is 5.96. The van der Waals surface area contributed by atoms with Crippen molar-refractivity contribution < 1.29 is 19.1 Å². The van der Waals surface area contributed by atoms with Crippen molar-refractivity contribution in [1.82, 2.24) is 0 Å². The second kappa shape index (κ2) is 9.42. The lowest BCUT2D eigenvalue weighted by molar-refractivity contribution is -0.128. The summed E-state index contributed by atoms with van der Waals surface area (Å²) in [4.78, 5) is 23.8. The molecular formula is C21H22O4. The summed E-state index contributed by atoms with van der Waals surface area (Å²) in [5.74, 6) is 0.810. The minimum absolute atomic E-state index is 0.110. The summed E-state index contributed by atoms with van der Waals surface area (Å²) in [6.45, 7) is 2.05. The molecule has 0 heterocycles. The molecule has 0 atom stereocenters. The number of ketones is 1. The van der Waals surface area contributed by atoms with Gasteiger partial charge < -0.3 is 9.47 Å². The van der Waals surface area contributed by atoms with Crippen LogP contribution in [0.1, 0.15) is 42.1 Å². The molecule has 2 aromatic carbocycles. The summed E-state index contributed by atoms with van der Waals surface area (Å²) in [5, 5.41) is 0. The Bertz CT molecular complexity index is 727. The van der Waals surface area contributed by atoms with Crippen molar-refractivity contribution >= 4 is 17.8 Å². The highest BCUT2D eigenvalue weighted by Crippen LogP contribution is 2.16. The van der Waals surface area contributed by atoms with Crippen molar-refractivity contribution in [3.05, 3.63) is 65.7 Å². The van der Waals surface area contributed by atoms with Gasteiger partial charge in [0.1, 0.15) is 11.5 Å². The molecule has 0 fully saturated rings. The van der Waals surface area contributed by atoms with Gasteiger partial charge in [0.25, 0.3) is 0 Å². The molecule has 0 amide bonds. The molecule has 0 spiro atoms. The Balaban J connectivity index is 1.91. The summed E-state index contributed by atoms with van der Waals surface area (Å²) in [5.41, 5.74) is 1.51. The first-order valence-corrected chi connectivity index (χ1v) is 8.29. The molecule has 4 nitrogen and oxygen atoms in total. The summed E-state index contributed by atoms with van der Waals surface area (Å²) < 4.78 is 10.3. The predicted molar refractivity (Wildman–Crippen MR) is 98.0 cm³/mol. The zero-order valence-corrected chi connectivity index (χ0v) is 14.5. The van der Waals surface area contributed by atoms with Crippen LogP contribution in [0.3, 0.4) is 0 Å². The van der Waals surface area contributed by atoms with E-state index in [-0.39, 0.29) is 5.78 Å². The molecule has 0 radical (unpaired) electrons.